The minimum Gasteiger partial charge on any atom is -0.456 e. The summed E-state index contributed by atoms with van der Waals surface area (Å²) in [5, 5.41) is 4.03. The molecule has 0 N–H and O–H groups in total. The standard InChI is InChI=1S/C45H31N3O2/c1-3-13-28(14-4-1)30-17-11-18-31(27-30)32-25-26-36(41-34-20-8-10-23-38(34)50-42(32)41)45-47-43(29-15-5-2-6-16-29)46-44(48-45)35-21-12-24-39-40(35)33-19-7-9-22-37(33)49-39/h2-3,5-13,15-28H,1,4,14H2. The van der Waals surface area contributed by atoms with E-state index in [4.69, 9.17) is 23.8 Å². The number of hydrogen-bond acceptors (Lipinski definition) is 5. The molecular weight excluding hydrogens is 615 g/mol. The van der Waals surface area contributed by atoms with Crippen molar-refractivity contribution in [1.82, 2.24) is 15.0 Å². The predicted octanol–water partition coefficient (Wildman–Crippen LogP) is 12.2. The number of para-hydroxylation sites is 2. The molecule has 5 heteroatoms. The Balaban J connectivity index is 1.22. The van der Waals surface area contributed by atoms with Gasteiger partial charge >= 0.3 is 0 Å². The topological polar surface area (TPSA) is 65.0 Å². The third-order valence-electron chi connectivity index (χ3n) is 9.96. The molecule has 1 atom stereocenters. The summed E-state index contributed by atoms with van der Waals surface area (Å²) in [6.45, 7) is 0. The Morgan fingerprint density at radius 1 is 0.500 bits per heavy atom. The lowest BCUT2D eigenvalue weighted by atomic mass is 9.87. The Labute approximate surface area is 288 Å². The molecule has 0 fully saturated rings. The predicted molar refractivity (Wildman–Crippen MR) is 202 cm³/mol. The maximum absolute atomic E-state index is 6.71. The fraction of sp³-hybridized carbons (Fsp3) is 0.0889. The zero-order valence-corrected chi connectivity index (χ0v) is 27.2. The van der Waals surface area contributed by atoms with Crippen LogP contribution in [0.4, 0.5) is 0 Å². The van der Waals surface area contributed by atoms with E-state index in [1.54, 1.807) is 0 Å². The van der Waals surface area contributed by atoms with Gasteiger partial charge in [0.15, 0.2) is 17.5 Å². The van der Waals surface area contributed by atoms with Crippen molar-refractivity contribution in [3.63, 3.8) is 0 Å². The third kappa shape index (κ3) is 4.73. The Morgan fingerprint density at radius 2 is 1.14 bits per heavy atom. The summed E-state index contributed by atoms with van der Waals surface area (Å²) in [5.74, 6) is 2.21. The maximum Gasteiger partial charge on any atom is 0.164 e. The van der Waals surface area contributed by atoms with Crippen LogP contribution in [0.2, 0.25) is 0 Å². The molecule has 10 rings (SSSR count). The number of aromatic nitrogens is 3. The second-order valence-electron chi connectivity index (χ2n) is 13.0. The molecule has 0 saturated heterocycles. The minimum atomic E-state index is 0.436. The number of hydrogen-bond donors (Lipinski definition) is 0. The lowest BCUT2D eigenvalue weighted by Gasteiger charge is -2.17. The van der Waals surface area contributed by atoms with Crippen LogP contribution in [0.25, 0.3) is 89.2 Å². The second-order valence-corrected chi connectivity index (χ2v) is 13.0. The van der Waals surface area contributed by atoms with Gasteiger partial charge in [-0.2, -0.15) is 0 Å². The highest BCUT2D eigenvalue weighted by atomic mass is 16.3. The van der Waals surface area contributed by atoms with Gasteiger partial charge in [0.1, 0.15) is 22.3 Å². The molecule has 5 nitrogen and oxygen atoms in total. The van der Waals surface area contributed by atoms with E-state index in [1.807, 2.05) is 72.8 Å². The summed E-state index contributed by atoms with van der Waals surface area (Å²) in [7, 11) is 0. The first-order valence-corrected chi connectivity index (χ1v) is 17.2. The van der Waals surface area contributed by atoms with Gasteiger partial charge < -0.3 is 8.83 Å². The van der Waals surface area contributed by atoms with Crippen LogP contribution in [-0.4, -0.2) is 15.0 Å². The monoisotopic (exact) mass is 645 g/mol. The van der Waals surface area contributed by atoms with Gasteiger partial charge in [0.2, 0.25) is 0 Å². The SMILES string of the molecule is C1=CC(c2cccc(-c3ccc(-c4nc(-c5ccccc5)nc(-c5cccc6oc7ccccc7c56)n4)c4c3oc3ccccc34)c2)CCC1. The molecule has 0 radical (unpaired) electrons. The average Bonchev–Trinajstić information content (AvgIpc) is 3.77. The number of benzene rings is 6. The molecule has 1 unspecified atom stereocenters. The zero-order valence-electron chi connectivity index (χ0n) is 27.2. The van der Waals surface area contributed by atoms with E-state index in [2.05, 4.69) is 72.8 Å². The van der Waals surface area contributed by atoms with E-state index in [0.717, 1.165) is 78.1 Å². The van der Waals surface area contributed by atoms with Gasteiger partial charge in [-0.15, -0.1) is 0 Å². The smallest absolute Gasteiger partial charge is 0.164 e. The first-order valence-electron chi connectivity index (χ1n) is 17.2. The first-order chi connectivity index (χ1) is 24.8. The van der Waals surface area contributed by atoms with Crippen LogP contribution >= 0.6 is 0 Å². The van der Waals surface area contributed by atoms with Gasteiger partial charge in [0, 0.05) is 49.7 Å². The normalized spacial score (nSPS) is 14.7. The molecule has 0 spiro atoms. The van der Waals surface area contributed by atoms with Gasteiger partial charge in [-0.3, -0.25) is 0 Å². The van der Waals surface area contributed by atoms with Crippen molar-refractivity contribution >= 4 is 43.9 Å². The lowest BCUT2D eigenvalue weighted by molar-refractivity contribution is 0.654. The fourth-order valence-electron chi connectivity index (χ4n) is 7.56. The van der Waals surface area contributed by atoms with Crippen LogP contribution in [0.1, 0.15) is 30.7 Å². The Kier molecular flexibility index (Phi) is 6.69. The molecule has 6 aromatic carbocycles. The Morgan fingerprint density at radius 3 is 1.94 bits per heavy atom. The molecule has 0 bridgehead atoms. The summed E-state index contributed by atoms with van der Waals surface area (Å²) in [6, 6.07) is 45.7. The molecule has 0 saturated carbocycles. The van der Waals surface area contributed by atoms with Crippen LogP contribution in [-0.2, 0) is 0 Å². The van der Waals surface area contributed by atoms with Crippen LogP contribution in [0.15, 0.2) is 154 Å². The summed E-state index contributed by atoms with van der Waals surface area (Å²) < 4.78 is 13.0. The van der Waals surface area contributed by atoms with Crippen molar-refractivity contribution in [3.05, 3.63) is 151 Å². The highest BCUT2D eigenvalue weighted by Gasteiger charge is 2.22. The largest absolute Gasteiger partial charge is 0.456 e. The number of furan rings is 2. The molecular formula is C45H31N3O2. The van der Waals surface area contributed by atoms with Crippen molar-refractivity contribution in [3.8, 4) is 45.3 Å². The van der Waals surface area contributed by atoms with Crippen molar-refractivity contribution < 1.29 is 8.83 Å². The highest BCUT2D eigenvalue weighted by molar-refractivity contribution is 6.16. The Bertz CT molecular complexity index is 2760. The fourth-order valence-corrected chi connectivity index (χ4v) is 7.56. The van der Waals surface area contributed by atoms with Gasteiger partial charge in [-0.1, -0.05) is 115 Å². The van der Waals surface area contributed by atoms with Crippen molar-refractivity contribution in [1.29, 1.82) is 0 Å². The number of nitrogens with zero attached hydrogens (tertiary/aromatic N) is 3. The molecule has 3 aromatic heterocycles. The van der Waals surface area contributed by atoms with E-state index in [-0.39, 0.29) is 0 Å². The molecule has 0 aliphatic heterocycles. The molecule has 1 aliphatic rings. The molecule has 3 heterocycles. The highest BCUT2D eigenvalue weighted by Crippen LogP contribution is 2.43. The molecule has 1 aliphatic carbocycles. The summed E-state index contributed by atoms with van der Waals surface area (Å²) in [4.78, 5) is 15.5. The first kappa shape index (κ1) is 28.7. The van der Waals surface area contributed by atoms with Crippen LogP contribution in [0.3, 0.4) is 0 Å². The van der Waals surface area contributed by atoms with Gasteiger partial charge in [0.25, 0.3) is 0 Å². The van der Waals surface area contributed by atoms with Gasteiger partial charge in [0.05, 0.1) is 0 Å². The van der Waals surface area contributed by atoms with E-state index in [9.17, 15) is 0 Å². The van der Waals surface area contributed by atoms with Crippen LogP contribution in [0, 0.1) is 0 Å². The second kappa shape index (κ2) is 11.7. The van der Waals surface area contributed by atoms with Crippen LogP contribution < -0.4 is 0 Å². The maximum atomic E-state index is 6.71. The molecule has 238 valence electrons. The number of rotatable bonds is 5. The summed E-state index contributed by atoms with van der Waals surface area (Å²) in [6.07, 6.45) is 8.23. The summed E-state index contributed by atoms with van der Waals surface area (Å²) >= 11 is 0. The molecule has 9 aromatic rings. The Hall–Kier alpha value is -6.33. The van der Waals surface area contributed by atoms with Crippen LogP contribution in [0.5, 0.6) is 0 Å². The van der Waals surface area contributed by atoms with E-state index in [1.165, 1.54) is 18.4 Å². The summed E-state index contributed by atoms with van der Waals surface area (Å²) in [5.41, 5.74) is 9.51. The van der Waals surface area contributed by atoms with Gasteiger partial charge in [-0.05, 0) is 60.7 Å². The average molecular weight is 646 g/mol. The zero-order chi connectivity index (χ0) is 33.0. The van der Waals surface area contributed by atoms with E-state index < -0.39 is 0 Å². The minimum absolute atomic E-state index is 0.436. The number of fused-ring (bicyclic) bond motifs is 6. The van der Waals surface area contributed by atoms with Crippen molar-refractivity contribution in [2.45, 2.75) is 25.2 Å². The quantitative estimate of drug-likeness (QED) is 0.174. The van der Waals surface area contributed by atoms with E-state index >= 15 is 0 Å². The number of allylic oxidation sites excluding steroid dienone is 2. The lowest BCUT2D eigenvalue weighted by Crippen LogP contribution is -2.01. The van der Waals surface area contributed by atoms with Gasteiger partial charge in [-0.25, -0.2) is 15.0 Å². The third-order valence-corrected chi connectivity index (χ3v) is 9.96. The molecule has 0 amide bonds. The van der Waals surface area contributed by atoms with Crippen molar-refractivity contribution in [2.24, 2.45) is 0 Å². The van der Waals surface area contributed by atoms with Crippen molar-refractivity contribution in [2.75, 3.05) is 0 Å². The van der Waals surface area contributed by atoms with E-state index in [0.29, 0.717) is 23.4 Å². The molecule has 50 heavy (non-hydrogen) atoms.